The summed E-state index contributed by atoms with van der Waals surface area (Å²) in [5, 5.41) is 23.1. The van der Waals surface area contributed by atoms with Crippen LogP contribution in [0.5, 0.6) is 0 Å². The molecule has 0 aliphatic carbocycles. The minimum Gasteiger partial charge on any atom is -0.394 e. The predicted octanol–water partition coefficient (Wildman–Crippen LogP) is 17.5. The van der Waals surface area contributed by atoms with Gasteiger partial charge in [0.1, 0.15) is 0 Å². The largest absolute Gasteiger partial charge is 0.394 e. The van der Waals surface area contributed by atoms with Crippen molar-refractivity contribution in [1.29, 1.82) is 0 Å². The molecule has 0 saturated heterocycles. The van der Waals surface area contributed by atoms with Gasteiger partial charge >= 0.3 is 0 Å². The molecule has 3 N–H and O–H groups in total. The highest BCUT2D eigenvalue weighted by molar-refractivity contribution is 5.76. The molecular weight excluding hydrogens is 771 g/mol. The Morgan fingerprint density at radius 2 is 0.698 bits per heavy atom. The van der Waals surface area contributed by atoms with Gasteiger partial charge in [0, 0.05) is 6.42 Å². The number of carbonyl (C=O) groups is 1. The van der Waals surface area contributed by atoms with Crippen LogP contribution < -0.4 is 5.32 Å². The van der Waals surface area contributed by atoms with Crippen LogP contribution in [0.1, 0.15) is 239 Å². The molecule has 0 aromatic carbocycles. The number of rotatable bonds is 47. The number of hydrogen-bond donors (Lipinski definition) is 3. The molecule has 2 atom stereocenters. The van der Waals surface area contributed by atoms with E-state index in [1.54, 1.807) is 6.08 Å². The van der Waals surface area contributed by atoms with Crippen LogP contribution in [0.25, 0.3) is 0 Å². The van der Waals surface area contributed by atoms with Crippen molar-refractivity contribution >= 4 is 5.91 Å². The van der Waals surface area contributed by atoms with Crippen LogP contribution in [0.2, 0.25) is 0 Å². The third-order valence-electron chi connectivity index (χ3n) is 11.5. The zero-order valence-corrected chi connectivity index (χ0v) is 41.3. The molecule has 2 unspecified atom stereocenters. The summed E-state index contributed by atoms with van der Waals surface area (Å²) in [5.41, 5.74) is 0. The molecule has 0 fully saturated rings. The van der Waals surface area contributed by atoms with Crippen LogP contribution in [0.4, 0.5) is 0 Å². The molecule has 0 bridgehead atoms. The van der Waals surface area contributed by atoms with Crippen molar-refractivity contribution in [3.8, 4) is 0 Å². The maximum atomic E-state index is 12.5. The van der Waals surface area contributed by atoms with Crippen LogP contribution in [0, 0.1) is 0 Å². The van der Waals surface area contributed by atoms with E-state index < -0.39 is 12.1 Å². The topological polar surface area (TPSA) is 69.6 Å². The fraction of sp³-hybridized carbons (Fsp3) is 0.678. The Kier molecular flexibility index (Phi) is 50.9. The molecule has 0 radical (unpaired) electrons. The minimum atomic E-state index is -0.854. The van der Waals surface area contributed by atoms with Crippen LogP contribution in [0.15, 0.2) is 109 Å². The number of hydrogen-bond acceptors (Lipinski definition) is 3. The molecular formula is C59H101NO3. The van der Waals surface area contributed by atoms with Crippen molar-refractivity contribution in [2.24, 2.45) is 0 Å². The minimum absolute atomic E-state index is 0.0819. The molecule has 0 aliphatic rings. The lowest BCUT2D eigenvalue weighted by Gasteiger charge is -2.20. The highest BCUT2D eigenvalue weighted by atomic mass is 16.3. The van der Waals surface area contributed by atoms with Crippen molar-refractivity contribution < 1.29 is 15.0 Å². The standard InChI is InChI=1S/C59H101NO3/c1-3-5-7-9-11-13-15-17-19-21-23-25-26-27-28-29-30-31-32-33-34-35-37-39-41-43-45-47-49-51-53-55-59(63)60-57(56-61)58(62)54-52-50-48-46-44-42-40-38-36-24-22-20-18-16-14-12-10-8-6-4-2/h5,7,11,13,17,19,23,25,27-28,30-31,33-34,37,39,52,54,57-58,61-62H,3-4,6,8-10,12,14-16,18,20-22,24,26,29,32,35-36,38,40-51,53,55-56H2,1-2H3,(H,60,63)/b7-5-,13-11-,19-17-,25-23-,28-27-,31-30-,34-33-,39-37-,54-52+. The van der Waals surface area contributed by atoms with E-state index in [1.165, 1.54) is 128 Å². The van der Waals surface area contributed by atoms with E-state index in [1.807, 2.05) is 6.08 Å². The zero-order valence-electron chi connectivity index (χ0n) is 41.3. The highest BCUT2D eigenvalue weighted by Crippen LogP contribution is 2.15. The molecule has 0 aliphatic heterocycles. The average molecular weight is 872 g/mol. The maximum Gasteiger partial charge on any atom is 0.220 e. The fourth-order valence-corrected chi connectivity index (χ4v) is 7.49. The van der Waals surface area contributed by atoms with E-state index >= 15 is 0 Å². The normalized spacial score (nSPS) is 13.8. The van der Waals surface area contributed by atoms with Gasteiger partial charge < -0.3 is 15.5 Å². The summed E-state index contributed by atoms with van der Waals surface area (Å²) in [4.78, 5) is 12.5. The number of carbonyl (C=O) groups excluding carboxylic acids is 1. The Bertz CT molecular complexity index is 1220. The first-order chi connectivity index (χ1) is 31.2. The van der Waals surface area contributed by atoms with E-state index in [0.717, 1.165) is 89.9 Å². The lowest BCUT2D eigenvalue weighted by Crippen LogP contribution is -2.45. The van der Waals surface area contributed by atoms with E-state index in [0.29, 0.717) is 6.42 Å². The zero-order chi connectivity index (χ0) is 45.6. The Hall–Kier alpha value is -2.95. The molecule has 63 heavy (non-hydrogen) atoms. The molecule has 0 saturated carbocycles. The maximum absolute atomic E-state index is 12.5. The summed E-state index contributed by atoms with van der Waals surface area (Å²) in [5.74, 6) is -0.0819. The van der Waals surface area contributed by atoms with Crippen molar-refractivity contribution in [2.45, 2.75) is 251 Å². The Labute approximate surface area is 391 Å². The van der Waals surface area contributed by atoms with Crippen LogP contribution in [0.3, 0.4) is 0 Å². The van der Waals surface area contributed by atoms with E-state index in [9.17, 15) is 15.0 Å². The molecule has 1 amide bonds. The molecule has 360 valence electrons. The van der Waals surface area contributed by atoms with Crippen LogP contribution in [-0.4, -0.2) is 34.9 Å². The van der Waals surface area contributed by atoms with Gasteiger partial charge in [-0.3, -0.25) is 4.79 Å². The van der Waals surface area contributed by atoms with Crippen molar-refractivity contribution in [2.75, 3.05) is 6.61 Å². The van der Waals surface area contributed by atoms with Gasteiger partial charge in [-0.05, 0) is 83.5 Å². The first kappa shape index (κ1) is 60.1. The van der Waals surface area contributed by atoms with Gasteiger partial charge in [0.2, 0.25) is 5.91 Å². The van der Waals surface area contributed by atoms with Crippen molar-refractivity contribution in [3.63, 3.8) is 0 Å². The Morgan fingerprint density at radius 3 is 1.05 bits per heavy atom. The number of aliphatic hydroxyl groups excluding tert-OH is 2. The number of amides is 1. The summed E-state index contributed by atoms with van der Waals surface area (Å²) < 4.78 is 0. The van der Waals surface area contributed by atoms with Gasteiger partial charge in [-0.2, -0.15) is 0 Å². The van der Waals surface area contributed by atoms with E-state index in [-0.39, 0.29) is 12.5 Å². The van der Waals surface area contributed by atoms with Gasteiger partial charge in [0.25, 0.3) is 0 Å². The summed E-state index contributed by atoms with van der Waals surface area (Å²) >= 11 is 0. The third-order valence-corrected chi connectivity index (χ3v) is 11.5. The van der Waals surface area contributed by atoms with Gasteiger partial charge in [-0.1, -0.05) is 258 Å². The summed E-state index contributed by atoms with van der Waals surface area (Å²) in [6, 6.07) is -0.639. The van der Waals surface area contributed by atoms with Crippen LogP contribution >= 0.6 is 0 Å². The third kappa shape index (κ3) is 49.9. The molecule has 0 spiro atoms. The summed E-state index contributed by atoms with van der Waals surface area (Å²) in [6.07, 6.45) is 80.8. The lowest BCUT2D eigenvalue weighted by molar-refractivity contribution is -0.123. The first-order valence-corrected chi connectivity index (χ1v) is 26.6. The average Bonchev–Trinajstić information content (AvgIpc) is 3.29. The SMILES string of the molecule is CC/C=C\C/C=C\C/C=C\C/C=C\C/C=C\C/C=C\C/C=C\C/C=C\CCCCCCCCC(=O)NC(CO)C(O)/C=C/CCCCCCCCCCCCCCCCCCCC. The molecule has 4 heteroatoms. The van der Waals surface area contributed by atoms with E-state index in [4.69, 9.17) is 0 Å². The number of allylic oxidation sites excluding steroid dienone is 17. The molecule has 4 nitrogen and oxygen atoms in total. The smallest absolute Gasteiger partial charge is 0.220 e. The predicted molar refractivity (Wildman–Crippen MR) is 280 cm³/mol. The number of nitrogens with one attached hydrogen (secondary N) is 1. The lowest BCUT2D eigenvalue weighted by atomic mass is 10.0. The Balaban J connectivity index is 3.65. The second-order valence-electron chi connectivity index (χ2n) is 17.6. The fourth-order valence-electron chi connectivity index (χ4n) is 7.49. The second-order valence-corrected chi connectivity index (χ2v) is 17.6. The van der Waals surface area contributed by atoms with Crippen molar-refractivity contribution in [1.82, 2.24) is 5.32 Å². The first-order valence-electron chi connectivity index (χ1n) is 26.6. The molecule has 0 rings (SSSR count). The summed E-state index contributed by atoms with van der Waals surface area (Å²) in [7, 11) is 0. The number of unbranched alkanes of at least 4 members (excludes halogenated alkanes) is 24. The van der Waals surface area contributed by atoms with E-state index in [2.05, 4.69) is 116 Å². The monoisotopic (exact) mass is 872 g/mol. The summed E-state index contributed by atoms with van der Waals surface area (Å²) in [6.45, 7) is 4.19. The van der Waals surface area contributed by atoms with Gasteiger partial charge in [0.05, 0.1) is 18.8 Å². The molecule has 0 aromatic heterocycles. The van der Waals surface area contributed by atoms with Gasteiger partial charge in [-0.25, -0.2) is 0 Å². The Morgan fingerprint density at radius 1 is 0.397 bits per heavy atom. The van der Waals surface area contributed by atoms with Gasteiger partial charge in [-0.15, -0.1) is 0 Å². The highest BCUT2D eigenvalue weighted by Gasteiger charge is 2.18. The quantitative estimate of drug-likeness (QED) is 0.0421. The molecule has 0 heterocycles. The molecule has 0 aromatic rings. The second kappa shape index (κ2) is 53.4. The van der Waals surface area contributed by atoms with Gasteiger partial charge in [0.15, 0.2) is 0 Å². The number of aliphatic hydroxyl groups is 2. The van der Waals surface area contributed by atoms with Crippen LogP contribution in [-0.2, 0) is 4.79 Å². The van der Waals surface area contributed by atoms with Crippen molar-refractivity contribution in [3.05, 3.63) is 109 Å².